The van der Waals surface area contributed by atoms with Crippen molar-refractivity contribution in [1.29, 1.82) is 0 Å². The predicted molar refractivity (Wildman–Crippen MR) is 101 cm³/mol. The molecule has 1 aliphatic rings. The van der Waals surface area contributed by atoms with E-state index in [1.54, 1.807) is 12.0 Å². The van der Waals surface area contributed by atoms with Crippen molar-refractivity contribution in [1.82, 2.24) is 4.90 Å². The van der Waals surface area contributed by atoms with Crippen molar-refractivity contribution in [2.45, 2.75) is 54.1 Å². The van der Waals surface area contributed by atoms with Crippen LogP contribution in [0.2, 0.25) is 0 Å². The lowest BCUT2D eigenvalue weighted by Gasteiger charge is -2.22. The van der Waals surface area contributed by atoms with Gasteiger partial charge < -0.3 is 9.64 Å². The number of carbonyl (C=O) groups excluding carboxylic acids is 1. The molecule has 0 aromatic rings. The van der Waals surface area contributed by atoms with Crippen LogP contribution < -0.4 is 0 Å². The van der Waals surface area contributed by atoms with Crippen molar-refractivity contribution < 1.29 is 9.53 Å². The van der Waals surface area contributed by atoms with Crippen LogP contribution in [-0.2, 0) is 9.53 Å². The molecule has 0 spiro atoms. The minimum atomic E-state index is -0.384. The molecule has 1 heterocycles. The summed E-state index contributed by atoms with van der Waals surface area (Å²) in [7, 11) is 1.58. The van der Waals surface area contributed by atoms with E-state index in [1.807, 2.05) is 46.8 Å². The number of rotatable bonds is 5. The summed E-state index contributed by atoms with van der Waals surface area (Å²) in [6.07, 6.45) is 6.64. The number of likely N-dealkylation sites (tertiary alicyclic amines) is 1. The monoisotopic (exact) mass is 321 g/mol. The molecule has 23 heavy (non-hydrogen) atoms. The van der Waals surface area contributed by atoms with E-state index in [4.69, 9.17) is 4.74 Å². The van der Waals surface area contributed by atoms with Gasteiger partial charge in [0.1, 0.15) is 6.10 Å². The highest BCUT2D eigenvalue weighted by Gasteiger charge is 2.46. The SMILES string of the molecule is C=C.C=C(/C=C/C(C)=C/CC)N1CC(C)(C)C(OC)C1=O.CC. The molecule has 0 radical (unpaired) electrons. The normalized spacial score (nSPS) is 19.8. The number of hydrogen-bond acceptors (Lipinski definition) is 2. The van der Waals surface area contributed by atoms with Gasteiger partial charge in [-0.2, -0.15) is 0 Å². The van der Waals surface area contributed by atoms with E-state index in [-0.39, 0.29) is 17.4 Å². The highest BCUT2D eigenvalue weighted by atomic mass is 16.5. The van der Waals surface area contributed by atoms with Gasteiger partial charge in [-0.05, 0) is 19.4 Å². The molecular weight excluding hydrogens is 286 g/mol. The fourth-order valence-corrected chi connectivity index (χ4v) is 2.41. The summed E-state index contributed by atoms with van der Waals surface area (Å²) in [6, 6.07) is 0. The smallest absolute Gasteiger partial charge is 0.256 e. The maximum Gasteiger partial charge on any atom is 0.256 e. The predicted octanol–water partition coefficient (Wildman–Crippen LogP) is 5.12. The minimum absolute atomic E-state index is 0.000672. The number of ether oxygens (including phenoxy) is 1. The van der Waals surface area contributed by atoms with Gasteiger partial charge in [-0.3, -0.25) is 4.79 Å². The third-order valence-electron chi connectivity index (χ3n) is 3.41. The van der Waals surface area contributed by atoms with Crippen molar-refractivity contribution >= 4 is 5.91 Å². The molecule has 1 unspecified atom stereocenters. The van der Waals surface area contributed by atoms with Crippen LogP contribution in [0.4, 0.5) is 0 Å². The molecule has 0 aliphatic carbocycles. The molecule has 1 amide bonds. The number of nitrogens with zero attached hydrogens (tertiary/aromatic N) is 1. The molecule has 1 saturated heterocycles. The van der Waals surface area contributed by atoms with E-state index in [1.165, 1.54) is 5.57 Å². The highest BCUT2D eigenvalue weighted by molar-refractivity contribution is 5.86. The summed E-state index contributed by atoms with van der Waals surface area (Å²) in [6.45, 7) is 22.9. The summed E-state index contributed by atoms with van der Waals surface area (Å²) >= 11 is 0. The fraction of sp³-hybridized carbons (Fsp3) is 0.550. The number of methoxy groups -OCH3 is 1. The van der Waals surface area contributed by atoms with Gasteiger partial charge in [-0.1, -0.05) is 58.9 Å². The topological polar surface area (TPSA) is 29.5 Å². The quantitative estimate of drug-likeness (QED) is 0.519. The lowest BCUT2D eigenvalue weighted by Crippen LogP contribution is -2.32. The second-order valence-electron chi connectivity index (χ2n) is 5.71. The zero-order valence-electron chi connectivity index (χ0n) is 16.1. The van der Waals surface area contributed by atoms with Gasteiger partial charge in [0, 0.05) is 24.8 Å². The van der Waals surface area contributed by atoms with Crippen LogP contribution in [0.5, 0.6) is 0 Å². The minimum Gasteiger partial charge on any atom is -0.371 e. The van der Waals surface area contributed by atoms with Crippen LogP contribution in [0, 0.1) is 5.41 Å². The first-order valence-corrected chi connectivity index (χ1v) is 8.21. The summed E-state index contributed by atoms with van der Waals surface area (Å²) in [4.78, 5) is 14.0. The molecule has 0 bridgehead atoms. The van der Waals surface area contributed by atoms with Gasteiger partial charge in [-0.25, -0.2) is 0 Å². The molecule has 1 fully saturated rings. The second-order valence-corrected chi connectivity index (χ2v) is 5.71. The summed E-state index contributed by atoms with van der Waals surface area (Å²) in [5.41, 5.74) is 1.72. The molecule has 3 nitrogen and oxygen atoms in total. The third-order valence-corrected chi connectivity index (χ3v) is 3.41. The first-order valence-electron chi connectivity index (χ1n) is 8.21. The van der Waals surface area contributed by atoms with Crippen molar-refractivity contribution in [3.8, 4) is 0 Å². The number of amides is 1. The van der Waals surface area contributed by atoms with Crippen molar-refractivity contribution in [3.05, 3.63) is 49.2 Å². The van der Waals surface area contributed by atoms with Gasteiger partial charge >= 0.3 is 0 Å². The molecule has 0 aromatic heterocycles. The molecule has 3 heteroatoms. The van der Waals surface area contributed by atoms with Crippen LogP contribution in [-0.4, -0.2) is 30.6 Å². The highest BCUT2D eigenvalue weighted by Crippen LogP contribution is 2.34. The fourth-order valence-electron chi connectivity index (χ4n) is 2.41. The molecule has 1 aliphatic heterocycles. The maximum atomic E-state index is 12.3. The molecule has 1 rings (SSSR count). The van der Waals surface area contributed by atoms with Crippen molar-refractivity contribution in [2.24, 2.45) is 5.41 Å². The largest absolute Gasteiger partial charge is 0.371 e. The molecule has 1 atom stereocenters. The van der Waals surface area contributed by atoms with E-state index in [0.717, 1.165) is 12.1 Å². The summed E-state index contributed by atoms with van der Waals surface area (Å²) in [5.74, 6) is -0.000672. The lowest BCUT2D eigenvalue weighted by molar-refractivity contribution is -0.136. The Morgan fingerprint density at radius 2 is 1.87 bits per heavy atom. The molecular formula is C20H35NO2. The van der Waals surface area contributed by atoms with Crippen LogP contribution in [0.15, 0.2) is 49.2 Å². The third kappa shape index (κ3) is 7.00. The Balaban J connectivity index is 0. The Kier molecular flexibility index (Phi) is 12.2. The molecule has 0 N–H and O–H groups in total. The maximum absolute atomic E-state index is 12.3. The lowest BCUT2D eigenvalue weighted by atomic mass is 9.90. The van der Waals surface area contributed by atoms with Crippen LogP contribution in [0.3, 0.4) is 0 Å². The van der Waals surface area contributed by atoms with E-state index in [2.05, 4.69) is 32.7 Å². The van der Waals surface area contributed by atoms with Crippen LogP contribution >= 0.6 is 0 Å². The molecule has 0 aromatic carbocycles. The Bertz CT molecular complexity index is 433. The average Bonchev–Trinajstić information content (AvgIpc) is 2.78. The van der Waals surface area contributed by atoms with Crippen molar-refractivity contribution in [2.75, 3.05) is 13.7 Å². The van der Waals surface area contributed by atoms with Gasteiger partial charge in [-0.15, -0.1) is 13.2 Å². The summed E-state index contributed by atoms with van der Waals surface area (Å²) in [5, 5.41) is 0. The van der Waals surface area contributed by atoms with Crippen LogP contribution in [0.1, 0.15) is 48.0 Å². The number of hydrogen-bond donors (Lipinski definition) is 0. The standard InChI is InChI=1S/C16H25NO2.C2H6.C2H4/c1-7-8-12(2)9-10-13(3)17-11-16(4,5)14(19-6)15(17)18;2*1-2/h8-10,14H,3,7,11H2,1-2,4-6H3;1-2H3;1-2H2/b10-9+,12-8+;;. The first-order chi connectivity index (χ1) is 10.8. The Labute approximate surface area is 143 Å². The van der Waals surface area contributed by atoms with E-state index >= 15 is 0 Å². The molecule has 132 valence electrons. The van der Waals surface area contributed by atoms with Gasteiger partial charge in [0.2, 0.25) is 0 Å². The Hall–Kier alpha value is -1.61. The zero-order chi connectivity index (χ0) is 18.6. The number of allylic oxidation sites excluding steroid dienone is 4. The summed E-state index contributed by atoms with van der Waals surface area (Å²) < 4.78 is 5.32. The van der Waals surface area contributed by atoms with E-state index in [0.29, 0.717) is 6.54 Å². The Morgan fingerprint density at radius 3 is 2.26 bits per heavy atom. The molecule has 0 saturated carbocycles. The van der Waals surface area contributed by atoms with Gasteiger partial charge in [0.05, 0.1) is 0 Å². The first kappa shape index (κ1) is 23.7. The second kappa shape index (κ2) is 11.9. The zero-order valence-corrected chi connectivity index (χ0v) is 16.1. The van der Waals surface area contributed by atoms with Crippen molar-refractivity contribution in [3.63, 3.8) is 0 Å². The number of carbonyl (C=O) groups is 1. The van der Waals surface area contributed by atoms with Gasteiger partial charge in [0.25, 0.3) is 5.91 Å². The van der Waals surface area contributed by atoms with E-state index < -0.39 is 0 Å². The average molecular weight is 322 g/mol. The van der Waals surface area contributed by atoms with Gasteiger partial charge in [0.15, 0.2) is 0 Å². The van der Waals surface area contributed by atoms with Crippen LogP contribution in [0.25, 0.3) is 0 Å². The Morgan fingerprint density at radius 1 is 1.35 bits per heavy atom. The van der Waals surface area contributed by atoms with E-state index in [9.17, 15) is 4.79 Å².